The zero-order chi connectivity index (χ0) is 20.8. The Bertz CT molecular complexity index is 1050. The predicted molar refractivity (Wildman–Crippen MR) is 111 cm³/mol. The number of amides is 1. The highest BCUT2D eigenvalue weighted by molar-refractivity contribution is 5.89. The second kappa shape index (κ2) is 9.23. The lowest BCUT2D eigenvalue weighted by molar-refractivity contribution is -0.122. The molecule has 29 heavy (non-hydrogen) atoms. The van der Waals surface area contributed by atoms with Gasteiger partial charge in [0.1, 0.15) is 6.54 Å². The number of aryl methyl sites for hydroxylation is 1. The average Bonchev–Trinajstić information content (AvgIpc) is 2.74. The Morgan fingerprint density at radius 3 is 2.59 bits per heavy atom. The predicted octanol–water partition coefficient (Wildman–Crippen LogP) is 2.55. The van der Waals surface area contributed by atoms with Crippen LogP contribution in [0.15, 0.2) is 53.5 Å². The van der Waals surface area contributed by atoms with Crippen LogP contribution in [0.4, 0.5) is 0 Å². The Labute approximate surface area is 169 Å². The number of methoxy groups -OCH3 is 2. The molecule has 0 aliphatic rings. The summed E-state index contributed by atoms with van der Waals surface area (Å²) in [5.41, 5.74) is 0.826. The average molecular weight is 395 g/mol. The lowest BCUT2D eigenvalue weighted by atomic mass is 10.1. The summed E-state index contributed by atoms with van der Waals surface area (Å²) in [6.45, 7) is 1.79. The van der Waals surface area contributed by atoms with Crippen LogP contribution in [-0.2, 0) is 17.8 Å². The topological polar surface area (TPSA) is 82.5 Å². The molecule has 0 spiro atoms. The smallest absolute Gasteiger partial charge is 0.279 e. The minimum Gasteiger partial charge on any atom is -0.493 e. The molecule has 7 nitrogen and oxygen atoms in total. The van der Waals surface area contributed by atoms with Gasteiger partial charge in [-0.05, 0) is 37.5 Å². The molecule has 0 aliphatic carbocycles. The highest BCUT2D eigenvalue weighted by Gasteiger charge is 2.16. The van der Waals surface area contributed by atoms with Gasteiger partial charge in [-0.15, -0.1) is 0 Å². The molecule has 1 amide bonds. The second-order valence-corrected chi connectivity index (χ2v) is 6.87. The maximum Gasteiger partial charge on any atom is 0.279 e. The number of hydrogen-bond acceptors (Lipinski definition) is 5. The van der Waals surface area contributed by atoms with Crippen molar-refractivity contribution in [3.8, 4) is 11.5 Å². The molecular formula is C22H25N3O4. The van der Waals surface area contributed by atoms with Crippen molar-refractivity contribution in [3.63, 3.8) is 0 Å². The first-order valence-electron chi connectivity index (χ1n) is 9.47. The van der Waals surface area contributed by atoms with Crippen LogP contribution >= 0.6 is 0 Å². The van der Waals surface area contributed by atoms with E-state index in [1.807, 2.05) is 25.1 Å². The van der Waals surface area contributed by atoms with Crippen molar-refractivity contribution in [3.05, 3.63) is 64.6 Å². The van der Waals surface area contributed by atoms with Gasteiger partial charge >= 0.3 is 0 Å². The molecule has 1 heterocycles. The van der Waals surface area contributed by atoms with Crippen molar-refractivity contribution in [1.82, 2.24) is 15.1 Å². The third kappa shape index (κ3) is 4.74. The van der Waals surface area contributed by atoms with Crippen LogP contribution in [0.3, 0.4) is 0 Å². The summed E-state index contributed by atoms with van der Waals surface area (Å²) in [7, 11) is 2.98. The normalized spacial score (nSPS) is 11.8. The van der Waals surface area contributed by atoms with Crippen molar-refractivity contribution < 1.29 is 14.3 Å². The van der Waals surface area contributed by atoms with E-state index in [0.717, 1.165) is 17.5 Å². The standard InChI is InChI=1S/C22H25N3O4/c1-15(9-10-16-7-5-4-6-8-16)24-19(26)14-25-22(27)20-17(13-23-25)11-12-18(28-2)21(20)29-3/h4-8,11-13,15H,9-10,14H2,1-3H3,(H,24,26)/t15-/m0/s1. The Morgan fingerprint density at radius 2 is 1.90 bits per heavy atom. The molecule has 0 radical (unpaired) electrons. The summed E-state index contributed by atoms with van der Waals surface area (Å²) in [6, 6.07) is 13.5. The Hall–Kier alpha value is -3.35. The molecule has 0 unspecified atom stereocenters. The Balaban J connectivity index is 1.71. The first-order valence-corrected chi connectivity index (χ1v) is 9.47. The number of ether oxygens (including phenoxy) is 2. The minimum absolute atomic E-state index is 0.0199. The number of benzene rings is 2. The van der Waals surface area contributed by atoms with Gasteiger partial charge in [0.05, 0.1) is 25.8 Å². The molecule has 2 aromatic carbocycles. The summed E-state index contributed by atoms with van der Waals surface area (Å²) >= 11 is 0. The van der Waals surface area contributed by atoms with E-state index in [9.17, 15) is 9.59 Å². The van der Waals surface area contributed by atoms with Gasteiger partial charge in [-0.1, -0.05) is 30.3 Å². The van der Waals surface area contributed by atoms with Crippen LogP contribution < -0.4 is 20.3 Å². The molecule has 0 saturated heterocycles. The van der Waals surface area contributed by atoms with Crippen molar-refractivity contribution >= 4 is 16.7 Å². The summed E-state index contributed by atoms with van der Waals surface area (Å²) in [6.07, 6.45) is 3.22. The first kappa shape index (κ1) is 20.4. The van der Waals surface area contributed by atoms with Crippen LogP contribution in [0.2, 0.25) is 0 Å². The molecule has 1 atom stereocenters. The number of nitrogens with one attached hydrogen (secondary N) is 1. The molecule has 152 valence electrons. The van der Waals surface area contributed by atoms with Gasteiger partial charge in [0.15, 0.2) is 11.5 Å². The quantitative estimate of drug-likeness (QED) is 0.634. The molecule has 0 fully saturated rings. The number of aromatic nitrogens is 2. The van der Waals surface area contributed by atoms with Gasteiger partial charge < -0.3 is 14.8 Å². The third-order valence-corrected chi connectivity index (χ3v) is 4.77. The van der Waals surface area contributed by atoms with Gasteiger partial charge in [0.2, 0.25) is 5.91 Å². The molecule has 1 aromatic heterocycles. The van der Waals surface area contributed by atoms with E-state index in [4.69, 9.17) is 9.47 Å². The molecule has 3 aromatic rings. The monoisotopic (exact) mass is 395 g/mol. The molecule has 3 rings (SSSR count). The van der Waals surface area contributed by atoms with Crippen LogP contribution in [0.1, 0.15) is 18.9 Å². The molecular weight excluding hydrogens is 370 g/mol. The van der Waals surface area contributed by atoms with E-state index in [-0.39, 0.29) is 18.5 Å². The fourth-order valence-electron chi connectivity index (χ4n) is 3.25. The highest BCUT2D eigenvalue weighted by Crippen LogP contribution is 2.32. The van der Waals surface area contributed by atoms with E-state index >= 15 is 0 Å². The Morgan fingerprint density at radius 1 is 1.14 bits per heavy atom. The van der Waals surface area contributed by atoms with Crippen LogP contribution in [0, 0.1) is 0 Å². The van der Waals surface area contributed by atoms with Crippen LogP contribution in [0.5, 0.6) is 11.5 Å². The number of rotatable bonds is 8. The van der Waals surface area contributed by atoms with Gasteiger partial charge in [-0.2, -0.15) is 5.10 Å². The number of hydrogen-bond donors (Lipinski definition) is 1. The third-order valence-electron chi connectivity index (χ3n) is 4.77. The van der Waals surface area contributed by atoms with E-state index in [1.165, 1.54) is 19.8 Å². The maximum atomic E-state index is 12.9. The second-order valence-electron chi connectivity index (χ2n) is 6.87. The first-order chi connectivity index (χ1) is 14.0. The Kier molecular flexibility index (Phi) is 6.49. The van der Waals surface area contributed by atoms with E-state index < -0.39 is 5.56 Å². The summed E-state index contributed by atoms with van der Waals surface area (Å²) in [5, 5.41) is 8.02. The molecule has 0 saturated carbocycles. The van der Waals surface area contributed by atoms with Gasteiger partial charge in [-0.25, -0.2) is 4.68 Å². The van der Waals surface area contributed by atoms with Gasteiger partial charge in [0, 0.05) is 11.4 Å². The fourth-order valence-corrected chi connectivity index (χ4v) is 3.25. The molecule has 0 bridgehead atoms. The van der Waals surface area contributed by atoms with E-state index in [0.29, 0.717) is 22.3 Å². The molecule has 0 aliphatic heterocycles. The lowest BCUT2D eigenvalue weighted by Gasteiger charge is -2.15. The van der Waals surface area contributed by atoms with Crippen molar-refractivity contribution in [1.29, 1.82) is 0 Å². The summed E-state index contributed by atoms with van der Waals surface area (Å²) in [4.78, 5) is 25.3. The van der Waals surface area contributed by atoms with E-state index in [2.05, 4.69) is 22.5 Å². The number of fused-ring (bicyclic) bond motifs is 1. The minimum atomic E-state index is -0.398. The molecule has 7 heteroatoms. The van der Waals surface area contributed by atoms with Crippen LogP contribution in [0.25, 0.3) is 10.8 Å². The number of carbonyl (C=O) groups excluding carboxylic acids is 1. The number of nitrogens with zero attached hydrogens (tertiary/aromatic N) is 2. The van der Waals surface area contributed by atoms with Crippen molar-refractivity contribution in [2.75, 3.05) is 14.2 Å². The highest BCUT2D eigenvalue weighted by atomic mass is 16.5. The maximum absolute atomic E-state index is 12.9. The van der Waals surface area contributed by atoms with Gasteiger partial charge in [0.25, 0.3) is 5.56 Å². The van der Waals surface area contributed by atoms with Gasteiger partial charge in [-0.3, -0.25) is 9.59 Å². The zero-order valence-electron chi connectivity index (χ0n) is 16.8. The summed E-state index contributed by atoms with van der Waals surface area (Å²) < 4.78 is 11.8. The molecule has 1 N–H and O–H groups in total. The van der Waals surface area contributed by atoms with Crippen LogP contribution in [-0.4, -0.2) is 35.9 Å². The van der Waals surface area contributed by atoms with E-state index in [1.54, 1.807) is 18.3 Å². The largest absolute Gasteiger partial charge is 0.493 e. The summed E-state index contributed by atoms with van der Waals surface area (Å²) in [5.74, 6) is 0.526. The fraction of sp³-hybridized carbons (Fsp3) is 0.318. The SMILES string of the molecule is COc1ccc2cnn(CC(=O)N[C@@H](C)CCc3ccccc3)c(=O)c2c1OC. The number of carbonyl (C=O) groups is 1. The van der Waals surface area contributed by atoms with Crippen molar-refractivity contribution in [2.45, 2.75) is 32.4 Å². The van der Waals surface area contributed by atoms with Crippen molar-refractivity contribution in [2.24, 2.45) is 0 Å². The zero-order valence-corrected chi connectivity index (χ0v) is 16.8. The lowest BCUT2D eigenvalue weighted by Crippen LogP contribution is -2.38.